The van der Waals surface area contributed by atoms with Gasteiger partial charge in [-0.3, -0.25) is 9.59 Å². The van der Waals surface area contributed by atoms with Crippen molar-refractivity contribution in [1.29, 1.82) is 0 Å². The van der Waals surface area contributed by atoms with E-state index in [2.05, 4.69) is 33.0 Å². The summed E-state index contributed by atoms with van der Waals surface area (Å²) in [6, 6.07) is 0. The van der Waals surface area contributed by atoms with Crippen LogP contribution in [0.4, 0.5) is 0 Å². The molecule has 0 aromatic rings. The molecular formula is C27H45NO2. The molecule has 4 aliphatic rings. The van der Waals surface area contributed by atoms with Crippen molar-refractivity contribution >= 4 is 11.7 Å². The van der Waals surface area contributed by atoms with Gasteiger partial charge in [0.15, 0.2) is 0 Å². The van der Waals surface area contributed by atoms with Crippen LogP contribution in [0.3, 0.4) is 0 Å². The SMILES string of the molecule is CCC1C(=O)C2C3CCC(CCCC(=O)NC)C3(C)CCC2C2(C)CCC(C)CC12. The predicted molar refractivity (Wildman–Crippen MR) is 122 cm³/mol. The summed E-state index contributed by atoms with van der Waals surface area (Å²) in [6.07, 6.45) is 12.8. The molecule has 1 N–H and O–H groups in total. The summed E-state index contributed by atoms with van der Waals surface area (Å²) < 4.78 is 0. The number of Topliss-reactive ketones (excluding diaryl/α,β-unsaturated/α-hetero) is 1. The maximum absolute atomic E-state index is 14.0. The molecule has 3 nitrogen and oxygen atoms in total. The first-order chi connectivity index (χ1) is 14.3. The third-order valence-corrected chi connectivity index (χ3v) is 10.8. The van der Waals surface area contributed by atoms with Crippen LogP contribution < -0.4 is 5.32 Å². The average molecular weight is 416 g/mol. The van der Waals surface area contributed by atoms with Crippen LogP contribution in [0.5, 0.6) is 0 Å². The third kappa shape index (κ3) is 3.37. The van der Waals surface area contributed by atoms with Gasteiger partial charge in [-0.2, -0.15) is 0 Å². The van der Waals surface area contributed by atoms with E-state index in [9.17, 15) is 9.59 Å². The van der Waals surface area contributed by atoms with Crippen molar-refractivity contribution in [2.45, 2.75) is 98.3 Å². The maximum atomic E-state index is 14.0. The zero-order valence-corrected chi connectivity index (χ0v) is 20.1. The molecule has 0 radical (unpaired) electrons. The minimum absolute atomic E-state index is 0.164. The third-order valence-electron chi connectivity index (χ3n) is 10.8. The lowest BCUT2D eigenvalue weighted by Crippen LogP contribution is -2.60. The molecule has 4 aliphatic carbocycles. The Morgan fingerprint density at radius 1 is 1.03 bits per heavy atom. The molecule has 0 aromatic heterocycles. The van der Waals surface area contributed by atoms with Gasteiger partial charge in [0.2, 0.25) is 5.91 Å². The Kier molecular flexibility index (Phi) is 6.14. The molecule has 0 heterocycles. The molecule has 3 heteroatoms. The van der Waals surface area contributed by atoms with E-state index in [4.69, 9.17) is 0 Å². The molecule has 0 aliphatic heterocycles. The highest BCUT2D eigenvalue weighted by Gasteiger charge is 2.64. The lowest BCUT2D eigenvalue weighted by atomic mass is 9.41. The van der Waals surface area contributed by atoms with Gasteiger partial charge in [-0.05, 0) is 98.2 Å². The molecule has 0 aromatic carbocycles. The Labute approximate surface area is 184 Å². The summed E-state index contributed by atoms with van der Waals surface area (Å²) >= 11 is 0. The van der Waals surface area contributed by atoms with Gasteiger partial charge in [0.1, 0.15) is 5.78 Å². The Bertz CT molecular complexity index is 674. The van der Waals surface area contributed by atoms with Crippen LogP contribution in [0, 0.1) is 52.3 Å². The Morgan fingerprint density at radius 2 is 1.73 bits per heavy atom. The van der Waals surface area contributed by atoms with Crippen molar-refractivity contribution < 1.29 is 9.59 Å². The quantitative estimate of drug-likeness (QED) is 0.597. The van der Waals surface area contributed by atoms with Gasteiger partial charge in [0.05, 0.1) is 0 Å². The number of nitrogens with one attached hydrogen (secondary N) is 1. The molecule has 9 atom stereocenters. The van der Waals surface area contributed by atoms with E-state index in [0.29, 0.717) is 58.5 Å². The normalized spacial score (nSPS) is 47.9. The molecule has 4 saturated carbocycles. The molecule has 4 fully saturated rings. The van der Waals surface area contributed by atoms with Crippen LogP contribution in [-0.4, -0.2) is 18.7 Å². The van der Waals surface area contributed by atoms with Gasteiger partial charge in [-0.1, -0.05) is 34.1 Å². The van der Waals surface area contributed by atoms with Gasteiger partial charge < -0.3 is 5.32 Å². The monoisotopic (exact) mass is 415 g/mol. The first-order valence-electron chi connectivity index (χ1n) is 13.0. The lowest BCUT2D eigenvalue weighted by Gasteiger charge is -2.62. The van der Waals surface area contributed by atoms with Gasteiger partial charge in [0.25, 0.3) is 0 Å². The second-order valence-corrected chi connectivity index (χ2v) is 12.0. The zero-order chi connectivity index (χ0) is 21.7. The zero-order valence-electron chi connectivity index (χ0n) is 20.1. The fraction of sp³-hybridized carbons (Fsp3) is 0.926. The van der Waals surface area contributed by atoms with E-state index in [1.807, 2.05) is 0 Å². The summed E-state index contributed by atoms with van der Waals surface area (Å²) in [7, 11) is 1.73. The molecule has 0 spiro atoms. The summed E-state index contributed by atoms with van der Waals surface area (Å²) in [6.45, 7) is 9.76. The van der Waals surface area contributed by atoms with Gasteiger partial charge in [-0.15, -0.1) is 0 Å². The van der Waals surface area contributed by atoms with E-state index < -0.39 is 0 Å². The number of fused-ring (bicyclic) bond motifs is 5. The molecule has 170 valence electrons. The first-order valence-corrected chi connectivity index (χ1v) is 13.0. The van der Waals surface area contributed by atoms with Crippen LogP contribution in [0.25, 0.3) is 0 Å². The van der Waals surface area contributed by atoms with Crippen molar-refractivity contribution in [3.05, 3.63) is 0 Å². The number of hydrogen-bond donors (Lipinski definition) is 1. The minimum Gasteiger partial charge on any atom is -0.359 e. The topological polar surface area (TPSA) is 46.2 Å². The van der Waals surface area contributed by atoms with Crippen LogP contribution >= 0.6 is 0 Å². The van der Waals surface area contributed by atoms with Crippen molar-refractivity contribution in [2.75, 3.05) is 7.05 Å². The van der Waals surface area contributed by atoms with E-state index >= 15 is 0 Å². The summed E-state index contributed by atoms with van der Waals surface area (Å²) in [4.78, 5) is 25.7. The fourth-order valence-electron chi connectivity index (χ4n) is 9.07. The van der Waals surface area contributed by atoms with Crippen LogP contribution in [0.2, 0.25) is 0 Å². The second-order valence-electron chi connectivity index (χ2n) is 12.0. The van der Waals surface area contributed by atoms with Crippen molar-refractivity contribution in [1.82, 2.24) is 5.32 Å². The smallest absolute Gasteiger partial charge is 0.219 e. The second kappa shape index (κ2) is 8.24. The largest absolute Gasteiger partial charge is 0.359 e. The highest BCUT2D eigenvalue weighted by atomic mass is 16.1. The summed E-state index contributed by atoms with van der Waals surface area (Å²) in [5.74, 6) is 4.73. The van der Waals surface area contributed by atoms with Crippen molar-refractivity contribution in [3.8, 4) is 0 Å². The highest BCUT2D eigenvalue weighted by Crippen LogP contribution is 2.68. The van der Waals surface area contributed by atoms with Crippen molar-refractivity contribution in [2.24, 2.45) is 52.3 Å². The first kappa shape index (κ1) is 22.3. The van der Waals surface area contributed by atoms with Crippen molar-refractivity contribution in [3.63, 3.8) is 0 Å². The Balaban J connectivity index is 1.56. The molecular weight excluding hydrogens is 370 g/mol. The summed E-state index contributed by atoms with van der Waals surface area (Å²) in [5, 5.41) is 2.76. The number of ketones is 1. The van der Waals surface area contributed by atoms with Crippen LogP contribution in [0.15, 0.2) is 0 Å². The van der Waals surface area contributed by atoms with Gasteiger partial charge >= 0.3 is 0 Å². The van der Waals surface area contributed by atoms with E-state index in [-0.39, 0.29) is 5.91 Å². The predicted octanol–water partition coefficient (Wildman–Crippen LogP) is 6.01. The maximum Gasteiger partial charge on any atom is 0.219 e. The fourth-order valence-corrected chi connectivity index (χ4v) is 9.07. The number of carbonyl (C=O) groups excluding carboxylic acids is 2. The number of carbonyl (C=O) groups is 2. The van der Waals surface area contributed by atoms with Gasteiger partial charge in [0, 0.05) is 25.3 Å². The number of amides is 1. The van der Waals surface area contributed by atoms with Crippen LogP contribution in [0.1, 0.15) is 98.3 Å². The lowest BCUT2D eigenvalue weighted by molar-refractivity contribution is -0.169. The van der Waals surface area contributed by atoms with Crippen LogP contribution in [-0.2, 0) is 9.59 Å². The van der Waals surface area contributed by atoms with E-state index in [1.165, 1.54) is 44.9 Å². The molecule has 1 amide bonds. The molecule has 0 saturated heterocycles. The Hall–Kier alpha value is -0.860. The standard InChI is InChI=1S/C27H45NO2/c1-6-19-22-16-17(2)12-14-27(22,4)21-13-15-26(3)18(8-7-9-23(29)28-5)10-11-20(26)24(21)25(19)30/h17-22,24H,6-16H2,1-5H3,(H,28,29). The van der Waals surface area contributed by atoms with Gasteiger partial charge in [-0.25, -0.2) is 0 Å². The number of rotatable bonds is 5. The van der Waals surface area contributed by atoms with E-state index in [0.717, 1.165) is 25.2 Å². The Morgan fingerprint density at radius 3 is 2.43 bits per heavy atom. The highest BCUT2D eigenvalue weighted by molar-refractivity contribution is 5.86. The average Bonchev–Trinajstić information content (AvgIpc) is 3.06. The number of hydrogen-bond acceptors (Lipinski definition) is 2. The molecule has 4 rings (SSSR count). The molecule has 30 heavy (non-hydrogen) atoms. The van der Waals surface area contributed by atoms with E-state index in [1.54, 1.807) is 7.05 Å². The summed E-state index contributed by atoms with van der Waals surface area (Å²) in [5.41, 5.74) is 0.688. The molecule has 0 bridgehead atoms. The molecule has 9 unspecified atom stereocenters. The minimum atomic E-state index is 0.164.